The average molecular weight is 390 g/mol. The second-order valence-electron chi connectivity index (χ2n) is 7.24. The van der Waals surface area contributed by atoms with Crippen molar-refractivity contribution in [3.63, 3.8) is 0 Å². The van der Waals surface area contributed by atoms with Crippen LogP contribution in [0.1, 0.15) is 23.0 Å². The molecule has 4 rings (SSSR count). The summed E-state index contributed by atoms with van der Waals surface area (Å²) in [6.07, 6.45) is 0. The van der Waals surface area contributed by atoms with E-state index in [9.17, 15) is 4.79 Å². The topological polar surface area (TPSA) is 61.5 Å². The van der Waals surface area contributed by atoms with Gasteiger partial charge in [-0.2, -0.15) is 5.10 Å². The van der Waals surface area contributed by atoms with Gasteiger partial charge >= 0.3 is 0 Å². The Morgan fingerprint density at radius 1 is 1.03 bits per heavy atom. The summed E-state index contributed by atoms with van der Waals surface area (Å²) in [4.78, 5) is 17.1. The Balaban J connectivity index is 1.38. The van der Waals surface area contributed by atoms with E-state index in [1.54, 1.807) is 0 Å². The predicted molar refractivity (Wildman–Crippen MR) is 114 cm³/mol. The molecule has 1 N–H and O–H groups in total. The maximum Gasteiger partial charge on any atom is 0.272 e. The molecule has 1 saturated heterocycles. The number of carbonyl (C=O) groups is 1. The summed E-state index contributed by atoms with van der Waals surface area (Å²) in [5, 5.41) is 7.23. The third kappa shape index (κ3) is 4.26. The maximum absolute atomic E-state index is 12.9. The quantitative estimate of drug-likeness (QED) is 0.721. The number of nitrogens with zero attached hydrogens (tertiary/aromatic N) is 3. The van der Waals surface area contributed by atoms with Gasteiger partial charge in [-0.25, -0.2) is 0 Å². The highest BCUT2D eigenvalue weighted by molar-refractivity contribution is 5.93. The zero-order valence-corrected chi connectivity index (χ0v) is 16.9. The first-order chi connectivity index (χ1) is 14.1. The highest BCUT2D eigenvalue weighted by Crippen LogP contribution is 2.22. The monoisotopic (exact) mass is 390 g/mol. The zero-order chi connectivity index (χ0) is 20.2. The first kappa shape index (κ1) is 19.1. The molecule has 1 amide bonds. The van der Waals surface area contributed by atoms with Crippen LogP contribution in [0.3, 0.4) is 0 Å². The molecule has 6 nitrogen and oxygen atoms in total. The van der Waals surface area contributed by atoms with Gasteiger partial charge in [0.2, 0.25) is 0 Å². The van der Waals surface area contributed by atoms with E-state index in [0.717, 1.165) is 30.1 Å². The molecular formula is C23H26N4O2. The highest BCUT2D eigenvalue weighted by Gasteiger charge is 2.23. The normalized spacial score (nSPS) is 14.1. The SMILES string of the molecule is CCOc1ccc(-c2cc(C(=O)N3CCN(c4ccc(C)cc4)CC3)[nH]n2)cc1. The Morgan fingerprint density at radius 2 is 1.72 bits per heavy atom. The molecule has 6 heteroatoms. The van der Waals surface area contributed by atoms with E-state index in [1.165, 1.54) is 11.3 Å². The minimum atomic E-state index is -0.00163. The Labute approximate surface area is 171 Å². The van der Waals surface area contributed by atoms with E-state index in [1.807, 2.05) is 42.2 Å². The first-order valence-corrected chi connectivity index (χ1v) is 10.0. The van der Waals surface area contributed by atoms with Crippen LogP contribution < -0.4 is 9.64 Å². The van der Waals surface area contributed by atoms with Crippen molar-refractivity contribution in [1.29, 1.82) is 0 Å². The van der Waals surface area contributed by atoms with Crippen molar-refractivity contribution in [2.24, 2.45) is 0 Å². The minimum absolute atomic E-state index is 0.00163. The molecule has 0 aliphatic carbocycles. The number of aromatic nitrogens is 2. The number of hydrogen-bond acceptors (Lipinski definition) is 4. The van der Waals surface area contributed by atoms with Crippen LogP contribution in [0.4, 0.5) is 5.69 Å². The summed E-state index contributed by atoms with van der Waals surface area (Å²) in [6.45, 7) is 7.74. The van der Waals surface area contributed by atoms with E-state index in [0.29, 0.717) is 25.4 Å². The first-order valence-electron chi connectivity index (χ1n) is 10.0. The molecule has 0 bridgehead atoms. The molecule has 0 spiro atoms. The predicted octanol–water partition coefficient (Wildman–Crippen LogP) is 3.75. The lowest BCUT2D eigenvalue weighted by molar-refractivity contribution is 0.0741. The summed E-state index contributed by atoms with van der Waals surface area (Å²) in [5.74, 6) is 0.827. The summed E-state index contributed by atoms with van der Waals surface area (Å²) in [6, 6.07) is 18.1. The van der Waals surface area contributed by atoms with E-state index in [4.69, 9.17) is 4.74 Å². The van der Waals surface area contributed by atoms with Crippen LogP contribution >= 0.6 is 0 Å². The average Bonchev–Trinajstić information content (AvgIpc) is 3.25. The second kappa shape index (κ2) is 8.39. The molecule has 3 aromatic rings. The summed E-state index contributed by atoms with van der Waals surface area (Å²) >= 11 is 0. The molecule has 0 radical (unpaired) electrons. The molecule has 0 atom stereocenters. The second-order valence-corrected chi connectivity index (χ2v) is 7.24. The third-order valence-electron chi connectivity index (χ3n) is 5.24. The molecular weight excluding hydrogens is 364 g/mol. The fourth-order valence-electron chi connectivity index (χ4n) is 3.56. The number of rotatable bonds is 5. The molecule has 150 valence electrons. The molecule has 1 aliphatic heterocycles. The van der Waals surface area contributed by atoms with Crippen molar-refractivity contribution < 1.29 is 9.53 Å². The van der Waals surface area contributed by atoms with Crippen molar-refractivity contribution >= 4 is 11.6 Å². The van der Waals surface area contributed by atoms with Crippen LogP contribution in [0.5, 0.6) is 5.75 Å². The fourth-order valence-corrected chi connectivity index (χ4v) is 3.56. The largest absolute Gasteiger partial charge is 0.494 e. The number of amides is 1. The Hall–Kier alpha value is -3.28. The molecule has 1 aliphatic rings. The Morgan fingerprint density at radius 3 is 2.38 bits per heavy atom. The number of carbonyl (C=O) groups excluding carboxylic acids is 1. The van der Waals surface area contributed by atoms with Gasteiger partial charge in [0.25, 0.3) is 5.91 Å². The molecule has 1 fully saturated rings. The minimum Gasteiger partial charge on any atom is -0.494 e. The lowest BCUT2D eigenvalue weighted by atomic mass is 10.1. The van der Waals surface area contributed by atoms with Gasteiger partial charge in [0, 0.05) is 37.4 Å². The number of benzene rings is 2. The zero-order valence-electron chi connectivity index (χ0n) is 16.9. The molecule has 0 saturated carbocycles. The van der Waals surface area contributed by atoms with Crippen molar-refractivity contribution in [1.82, 2.24) is 15.1 Å². The van der Waals surface area contributed by atoms with E-state index in [-0.39, 0.29) is 5.91 Å². The standard InChI is InChI=1S/C23H26N4O2/c1-3-29-20-10-6-18(7-11-20)21-16-22(25-24-21)23(28)27-14-12-26(13-15-27)19-8-4-17(2)5-9-19/h4-11,16H,3,12-15H2,1-2H3,(H,24,25). The number of piperazine rings is 1. The van der Waals surface area contributed by atoms with Gasteiger partial charge in [0.05, 0.1) is 12.3 Å². The van der Waals surface area contributed by atoms with Crippen LogP contribution in [0.2, 0.25) is 0 Å². The van der Waals surface area contributed by atoms with Gasteiger partial charge in [-0.3, -0.25) is 9.89 Å². The Kier molecular flexibility index (Phi) is 5.51. The van der Waals surface area contributed by atoms with Crippen LogP contribution in [-0.4, -0.2) is 53.8 Å². The number of anilines is 1. The molecule has 29 heavy (non-hydrogen) atoms. The highest BCUT2D eigenvalue weighted by atomic mass is 16.5. The smallest absolute Gasteiger partial charge is 0.272 e. The number of aromatic amines is 1. The summed E-state index contributed by atoms with van der Waals surface area (Å²) in [5.41, 5.74) is 4.70. The van der Waals surface area contributed by atoms with Gasteiger partial charge < -0.3 is 14.5 Å². The number of nitrogens with one attached hydrogen (secondary N) is 1. The lowest BCUT2D eigenvalue weighted by Crippen LogP contribution is -2.48. The molecule has 0 unspecified atom stereocenters. The van der Waals surface area contributed by atoms with Crippen LogP contribution in [0.15, 0.2) is 54.6 Å². The van der Waals surface area contributed by atoms with E-state index in [2.05, 4.69) is 46.3 Å². The molecule has 2 heterocycles. The van der Waals surface area contributed by atoms with Gasteiger partial charge in [0.15, 0.2) is 0 Å². The Bertz CT molecular complexity index is 955. The van der Waals surface area contributed by atoms with Gasteiger partial charge in [-0.05, 0) is 56.3 Å². The summed E-state index contributed by atoms with van der Waals surface area (Å²) in [7, 11) is 0. The molecule has 1 aromatic heterocycles. The van der Waals surface area contributed by atoms with Crippen LogP contribution in [0.25, 0.3) is 11.3 Å². The van der Waals surface area contributed by atoms with Gasteiger partial charge in [-0.15, -0.1) is 0 Å². The van der Waals surface area contributed by atoms with Gasteiger partial charge in [-0.1, -0.05) is 17.7 Å². The van der Waals surface area contributed by atoms with Crippen molar-refractivity contribution in [2.75, 3.05) is 37.7 Å². The fraction of sp³-hybridized carbons (Fsp3) is 0.304. The number of H-pyrrole nitrogens is 1. The number of hydrogen-bond donors (Lipinski definition) is 1. The lowest BCUT2D eigenvalue weighted by Gasteiger charge is -2.36. The van der Waals surface area contributed by atoms with Gasteiger partial charge in [0.1, 0.15) is 11.4 Å². The number of ether oxygens (including phenoxy) is 1. The van der Waals surface area contributed by atoms with Crippen molar-refractivity contribution in [2.45, 2.75) is 13.8 Å². The third-order valence-corrected chi connectivity index (χ3v) is 5.24. The van der Waals surface area contributed by atoms with E-state index < -0.39 is 0 Å². The van der Waals surface area contributed by atoms with Crippen molar-refractivity contribution in [3.05, 3.63) is 65.9 Å². The van der Waals surface area contributed by atoms with Crippen LogP contribution in [0, 0.1) is 6.92 Å². The number of aryl methyl sites for hydroxylation is 1. The molecule has 2 aromatic carbocycles. The van der Waals surface area contributed by atoms with Crippen LogP contribution in [-0.2, 0) is 0 Å². The van der Waals surface area contributed by atoms with Crippen molar-refractivity contribution in [3.8, 4) is 17.0 Å². The van der Waals surface area contributed by atoms with E-state index >= 15 is 0 Å². The summed E-state index contributed by atoms with van der Waals surface area (Å²) < 4.78 is 5.47. The maximum atomic E-state index is 12.9.